The molecule has 0 atom stereocenters. The van der Waals surface area contributed by atoms with Crippen molar-refractivity contribution in [3.63, 3.8) is 0 Å². The molecule has 0 aliphatic rings. The fraction of sp³-hybridized carbons (Fsp3) is 0.344. The largest absolute Gasteiger partial charge is 0.497 e. The molecule has 5 heteroatoms. The number of hydrogen-bond donors (Lipinski definition) is 0. The standard InChI is InChI=1S/C32H38ClN3O/c1-4-6-20-35(23-25-12-11-15-29(22-25)37-3)24-30-31(26-16-18-28(33)19-17-26)34-32(36(30)21-7-5-2)27-13-9-8-10-14-27/h8-19,22H,4-7,20-21,23-24H2,1-3H3. The Labute approximate surface area is 226 Å². The van der Waals surface area contributed by atoms with Crippen LogP contribution in [0.1, 0.15) is 50.8 Å². The van der Waals surface area contributed by atoms with Crippen molar-refractivity contribution < 1.29 is 4.74 Å². The zero-order valence-electron chi connectivity index (χ0n) is 22.3. The summed E-state index contributed by atoms with van der Waals surface area (Å²) >= 11 is 6.25. The Morgan fingerprint density at radius 1 is 0.838 bits per heavy atom. The minimum Gasteiger partial charge on any atom is -0.497 e. The van der Waals surface area contributed by atoms with Gasteiger partial charge in [-0.15, -0.1) is 0 Å². The van der Waals surface area contributed by atoms with Crippen molar-refractivity contribution in [2.45, 2.75) is 59.2 Å². The first-order valence-electron chi connectivity index (χ1n) is 13.4. The molecule has 0 saturated carbocycles. The zero-order chi connectivity index (χ0) is 26.0. The van der Waals surface area contributed by atoms with Crippen LogP contribution in [-0.2, 0) is 19.6 Å². The highest BCUT2D eigenvalue weighted by Gasteiger charge is 2.22. The summed E-state index contributed by atoms with van der Waals surface area (Å²) < 4.78 is 7.95. The molecule has 194 valence electrons. The molecule has 0 unspecified atom stereocenters. The highest BCUT2D eigenvalue weighted by Crippen LogP contribution is 2.32. The molecule has 1 heterocycles. The maximum absolute atomic E-state index is 6.25. The molecular formula is C32H38ClN3O. The molecule has 3 aromatic carbocycles. The molecule has 0 bridgehead atoms. The van der Waals surface area contributed by atoms with Gasteiger partial charge in [0.05, 0.1) is 18.5 Å². The Morgan fingerprint density at radius 3 is 2.30 bits per heavy atom. The van der Waals surface area contributed by atoms with Gasteiger partial charge in [0.15, 0.2) is 0 Å². The van der Waals surface area contributed by atoms with Crippen molar-refractivity contribution in [3.05, 3.63) is 95.1 Å². The van der Waals surface area contributed by atoms with Gasteiger partial charge in [-0.1, -0.05) is 92.9 Å². The Hall–Kier alpha value is -3.08. The third-order valence-corrected chi connectivity index (χ3v) is 6.95. The number of unbranched alkanes of at least 4 members (excludes halogenated alkanes) is 2. The van der Waals surface area contributed by atoms with Crippen molar-refractivity contribution in [1.29, 1.82) is 0 Å². The second-order valence-corrected chi connectivity index (χ2v) is 9.96. The van der Waals surface area contributed by atoms with Gasteiger partial charge in [0.2, 0.25) is 0 Å². The summed E-state index contributed by atoms with van der Waals surface area (Å²) in [5.41, 5.74) is 5.80. The summed E-state index contributed by atoms with van der Waals surface area (Å²) in [4.78, 5) is 7.82. The maximum Gasteiger partial charge on any atom is 0.140 e. The van der Waals surface area contributed by atoms with Gasteiger partial charge in [-0.25, -0.2) is 4.98 Å². The molecular weight excluding hydrogens is 478 g/mol. The van der Waals surface area contributed by atoms with Crippen molar-refractivity contribution >= 4 is 11.6 Å². The van der Waals surface area contributed by atoms with Crippen LogP contribution < -0.4 is 4.74 Å². The summed E-state index contributed by atoms with van der Waals surface area (Å²) in [6, 6.07) is 27.1. The summed E-state index contributed by atoms with van der Waals surface area (Å²) in [5, 5.41) is 0.738. The molecule has 0 spiro atoms. The van der Waals surface area contributed by atoms with Crippen molar-refractivity contribution in [2.75, 3.05) is 13.7 Å². The first-order valence-corrected chi connectivity index (χ1v) is 13.8. The Morgan fingerprint density at radius 2 is 1.59 bits per heavy atom. The fourth-order valence-electron chi connectivity index (χ4n) is 4.69. The first kappa shape index (κ1) is 27.0. The second kappa shape index (κ2) is 13.5. The lowest BCUT2D eigenvalue weighted by Gasteiger charge is -2.24. The third-order valence-electron chi connectivity index (χ3n) is 6.70. The van der Waals surface area contributed by atoms with E-state index < -0.39 is 0 Å². The first-order chi connectivity index (χ1) is 18.1. The minimum absolute atomic E-state index is 0.738. The van der Waals surface area contributed by atoms with Crippen LogP contribution in [0.2, 0.25) is 5.02 Å². The van der Waals surface area contributed by atoms with Gasteiger partial charge in [0, 0.05) is 35.8 Å². The van der Waals surface area contributed by atoms with Crippen LogP contribution in [0.4, 0.5) is 0 Å². The summed E-state index contributed by atoms with van der Waals surface area (Å²) in [5.74, 6) is 1.93. The van der Waals surface area contributed by atoms with Crippen LogP contribution in [0.3, 0.4) is 0 Å². The van der Waals surface area contributed by atoms with Crippen LogP contribution in [-0.4, -0.2) is 28.1 Å². The van der Waals surface area contributed by atoms with E-state index in [1.807, 2.05) is 18.2 Å². The van der Waals surface area contributed by atoms with Gasteiger partial charge < -0.3 is 9.30 Å². The van der Waals surface area contributed by atoms with Crippen LogP contribution >= 0.6 is 11.6 Å². The number of imidazole rings is 1. The van der Waals surface area contributed by atoms with Crippen LogP contribution in [0.25, 0.3) is 22.6 Å². The molecule has 0 fully saturated rings. The molecule has 4 aromatic rings. The maximum atomic E-state index is 6.25. The summed E-state index contributed by atoms with van der Waals surface area (Å²) in [6.45, 7) is 8.14. The lowest BCUT2D eigenvalue weighted by Crippen LogP contribution is -2.26. The van der Waals surface area contributed by atoms with Crippen LogP contribution in [0, 0.1) is 0 Å². The van der Waals surface area contributed by atoms with Gasteiger partial charge in [0.1, 0.15) is 11.6 Å². The SMILES string of the molecule is CCCCN(Cc1cccc(OC)c1)Cc1c(-c2ccc(Cl)cc2)nc(-c2ccccc2)n1CCCC. The van der Waals surface area contributed by atoms with Crippen molar-refractivity contribution in [3.8, 4) is 28.4 Å². The molecule has 0 aliphatic carbocycles. The van der Waals surface area contributed by atoms with E-state index in [4.69, 9.17) is 21.3 Å². The molecule has 1 aromatic heterocycles. The molecule has 0 amide bonds. The van der Waals surface area contributed by atoms with E-state index in [1.165, 1.54) is 11.3 Å². The lowest BCUT2D eigenvalue weighted by atomic mass is 10.1. The van der Waals surface area contributed by atoms with Crippen molar-refractivity contribution in [2.24, 2.45) is 0 Å². The summed E-state index contributed by atoms with van der Waals surface area (Å²) in [6.07, 6.45) is 4.54. The second-order valence-electron chi connectivity index (χ2n) is 9.52. The molecule has 0 aliphatic heterocycles. The average molecular weight is 516 g/mol. The molecule has 0 saturated heterocycles. The molecule has 0 radical (unpaired) electrons. The predicted octanol–water partition coefficient (Wildman–Crippen LogP) is 8.48. The van der Waals surface area contributed by atoms with E-state index >= 15 is 0 Å². The monoisotopic (exact) mass is 515 g/mol. The van der Waals surface area contributed by atoms with Gasteiger partial charge in [-0.05, 0) is 49.2 Å². The molecule has 4 nitrogen and oxygen atoms in total. The number of methoxy groups -OCH3 is 1. The van der Waals surface area contributed by atoms with Gasteiger partial charge in [0.25, 0.3) is 0 Å². The van der Waals surface area contributed by atoms with E-state index in [2.05, 4.69) is 84.0 Å². The van der Waals surface area contributed by atoms with Gasteiger partial charge in [-0.2, -0.15) is 0 Å². The molecule has 4 rings (SSSR count). The fourth-order valence-corrected chi connectivity index (χ4v) is 4.81. The Bertz CT molecular complexity index is 1250. The van der Waals surface area contributed by atoms with Crippen molar-refractivity contribution in [1.82, 2.24) is 14.5 Å². The number of aromatic nitrogens is 2. The number of hydrogen-bond acceptors (Lipinski definition) is 3. The van der Waals surface area contributed by atoms with E-state index in [9.17, 15) is 0 Å². The number of nitrogens with zero attached hydrogens (tertiary/aromatic N) is 3. The van der Waals surface area contributed by atoms with Crippen LogP contribution in [0.15, 0.2) is 78.9 Å². The molecule has 0 N–H and O–H groups in total. The Kier molecular flexibility index (Phi) is 9.81. The van der Waals surface area contributed by atoms with Gasteiger partial charge >= 0.3 is 0 Å². The molecule has 37 heavy (non-hydrogen) atoms. The van der Waals surface area contributed by atoms with Gasteiger partial charge in [-0.3, -0.25) is 4.90 Å². The minimum atomic E-state index is 0.738. The topological polar surface area (TPSA) is 30.3 Å². The lowest BCUT2D eigenvalue weighted by molar-refractivity contribution is 0.246. The highest BCUT2D eigenvalue weighted by molar-refractivity contribution is 6.30. The smallest absolute Gasteiger partial charge is 0.140 e. The Balaban J connectivity index is 1.80. The number of rotatable bonds is 13. The highest BCUT2D eigenvalue weighted by atomic mass is 35.5. The number of ether oxygens (including phenoxy) is 1. The summed E-state index contributed by atoms with van der Waals surface area (Å²) in [7, 11) is 1.73. The zero-order valence-corrected chi connectivity index (χ0v) is 23.0. The van der Waals surface area contributed by atoms with Crippen LogP contribution in [0.5, 0.6) is 5.75 Å². The number of benzene rings is 3. The number of halogens is 1. The van der Waals surface area contributed by atoms with E-state index in [0.717, 1.165) is 85.3 Å². The van der Waals surface area contributed by atoms with E-state index in [1.54, 1.807) is 7.11 Å². The van der Waals surface area contributed by atoms with E-state index in [0.29, 0.717) is 0 Å². The quantitative estimate of drug-likeness (QED) is 0.179. The predicted molar refractivity (Wildman–Crippen MR) is 155 cm³/mol. The normalized spacial score (nSPS) is 11.3. The third kappa shape index (κ3) is 7.03. The average Bonchev–Trinajstić information content (AvgIpc) is 3.29. The van der Waals surface area contributed by atoms with E-state index in [-0.39, 0.29) is 0 Å².